The Hall–Kier alpha value is -2.36. The molecule has 3 heterocycles. The molecule has 3 aliphatic heterocycles. The molecule has 2 fully saturated rings. The first-order valence-corrected chi connectivity index (χ1v) is 7.45. The van der Waals surface area contributed by atoms with Crippen molar-refractivity contribution in [3.63, 3.8) is 0 Å². The monoisotopic (exact) mass is 330 g/mol. The minimum atomic E-state index is -1.20. The number of amides is 1. The molecule has 7 heteroatoms. The fraction of sp³-hybridized carbons (Fsp3) is 0.312. The van der Waals surface area contributed by atoms with Crippen LogP contribution in [0.15, 0.2) is 36.4 Å². The Bertz CT molecular complexity index is 784. The molecule has 2 bridgehead atoms. The van der Waals surface area contributed by atoms with E-state index in [1.54, 1.807) is 36.4 Å². The van der Waals surface area contributed by atoms with Crippen molar-refractivity contribution in [2.24, 2.45) is 11.8 Å². The summed E-state index contributed by atoms with van der Waals surface area (Å²) in [7, 11) is 0. The van der Waals surface area contributed by atoms with Crippen LogP contribution in [-0.4, -0.2) is 34.7 Å². The number of carboxylic acid groups (broad SMARTS) is 1. The van der Waals surface area contributed by atoms with Gasteiger partial charge in [-0.2, -0.15) is 5.26 Å². The molecule has 1 unspecified atom stereocenters. The number of carbonyl (C=O) groups excluding carboxylic acids is 1. The quantitative estimate of drug-likeness (QED) is 0.832. The lowest BCUT2D eigenvalue weighted by atomic mass is 9.75. The molecule has 0 aromatic heterocycles. The number of carbonyl (C=O) groups is 2. The summed E-state index contributed by atoms with van der Waals surface area (Å²) in [4.78, 5) is 25.8. The van der Waals surface area contributed by atoms with Crippen LogP contribution in [-0.2, 0) is 14.3 Å². The van der Waals surface area contributed by atoms with Crippen molar-refractivity contribution in [3.05, 3.63) is 41.4 Å². The molecule has 0 saturated carbocycles. The highest BCUT2D eigenvalue weighted by molar-refractivity contribution is 6.30. The summed E-state index contributed by atoms with van der Waals surface area (Å²) in [6.45, 7) is 0. The Morgan fingerprint density at radius 1 is 1.39 bits per heavy atom. The van der Waals surface area contributed by atoms with Crippen molar-refractivity contribution in [1.29, 1.82) is 5.26 Å². The lowest BCUT2D eigenvalue weighted by molar-refractivity contribution is -0.146. The van der Waals surface area contributed by atoms with Crippen molar-refractivity contribution in [1.82, 2.24) is 0 Å². The van der Waals surface area contributed by atoms with Crippen LogP contribution in [0.2, 0.25) is 5.02 Å². The normalized spacial score (nSPS) is 37.0. The van der Waals surface area contributed by atoms with Crippen molar-refractivity contribution >= 4 is 29.2 Å². The number of anilines is 1. The fourth-order valence-electron chi connectivity index (χ4n) is 3.87. The Morgan fingerprint density at radius 3 is 2.70 bits per heavy atom. The summed E-state index contributed by atoms with van der Waals surface area (Å²) in [5, 5.41) is 19.6. The highest BCUT2D eigenvalue weighted by Crippen LogP contribution is 2.55. The number of halogens is 1. The van der Waals surface area contributed by atoms with Gasteiger partial charge in [0, 0.05) is 10.7 Å². The third-order valence-electron chi connectivity index (χ3n) is 4.79. The van der Waals surface area contributed by atoms with Gasteiger partial charge < -0.3 is 9.84 Å². The van der Waals surface area contributed by atoms with Gasteiger partial charge in [0.05, 0.1) is 18.1 Å². The molecule has 1 aromatic rings. The number of nitriles is 1. The standard InChI is InChI=1S/C16H11ClN2O4/c17-8-1-3-9(4-2-8)19-11(7-18)16-6-5-10(23-16)12(15(21)22)13(16)14(19)20/h1-6,10-13H,(H,21,22)/t10-,11?,12-,13+,16-/m0/s1. The number of rotatable bonds is 2. The average molecular weight is 331 g/mol. The first kappa shape index (κ1) is 14.2. The first-order chi connectivity index (χ1) is 11.0. The molecule has 2 saturated heterocycles. The molecule has 116 valence electrons. The summed E-state index contributed by atoms with van der Waals surface area (Å²) in [5.74, 6) is -3.36. The molecule has 5 atom stereocenters. The maximum Gasteiger partial charge on any atom is 0.310 e. The molecular formula is C16H11ClN2O4. The van der Waals surface area contributed by atoms with E-state index in [-0.39, 0.29) is 0 Å². The van der Waals surface area contributed by atoms with Gasteiger partial charge in [0.15, 0.2) is 6.04 Å². The summed E-state index contributed by atoms with van der Waals surface area (Å²) < 4.78 is 5.80. The number of nitrogens with zero attached hydrogens (tertiary/aromatic N) is 2. The van der Waals surface area contributed by atoms with Crippen LogP contribution in [0.5, 0.6) is 0 Å². The average Bonchev–Trinajstić information content (AvgIpc) is 3.15. The van der Waals surface area contributed by atoms with Gasteiger partial charge in [-0.1, -0.05) is 23.8 Å². The van der Waals surface area contributed by atoms with Gasteiger partial charge in [-0.15, -0.1) is 0 Å². The van der Waals surface area contributed by atoms with Crippen LogP contribution < -0.4 is 4.90 Å². The minimum absolute atomic E-state index is 0.405. The molecule has 1 aromatic carbocycles. The van der Waals surface area contributed by atoms with Crippen molar-refractivity contribution in [2.45, 2.75) is 17.7 Å². The van der Waals surface area contributed by atoms with Gasteiger partial charge in [0.1, 0.15) is 11.5 Å². The Balaban J connectivity index is 1.84. The van der Waals surface area contributed by atoms with Crippen LogP contribution in [0.25, 0.3) is 0 Å². The predicted molar refractivity (Wildman–Crippen MR) is 79.7 cm³/mol. The SMILES string of the molecule is N#CC1N(c2ccc(Cl)cc2)C(=O)[C@H]2[C@@H](C(=O)O)[C@@H]3C=C[C@]12O3. The smallest absolute Gasteiger partial charge is 0.310 e. The maximum absolute atomic E-state index is 12.9. The van der Waals surface area contributed by atoms with Crippen molar-refractivity contribution < 1.29 is 19.4 Å². The number of hydrogen-bond donors (Lipinski definition) is 1. The molecule has 1 spiro atoms. The van der Waals surface area contributed by atoms with E-state index in [1.807, 2.05) is 0 Å². The molecule has 0 aliphatic carbocycles. The number of fused-ring (bicyclic) bond motifs is 1. The highest BCUT2D eigenvalue weighted by atomic mass is 35.5. The summed E-state index contributed by atoms with van der Waals surface area (Å²) >= 11 is 5.86. The van der Waals surface area contributed by atoms with E-state index in [0.717, 1.165) is 0 Å². The van der Waals surface area contributed by atoms with E-state index < -0.39 is 41.5 Å². The third-order valence-corrected chi connectivity index (χ3v) is 5.04. The van der Waals surface area contributed by atoms with Crippen molar-refractivity contribution in [2.75, 3.05) is 4.90 Å². The number of hydrogen-bond acceptors (Lipinski definition) is 4. The molecule has 6 nitrogen and oxygen atoms in total. The Labute approximate surface area is 136 Å². The van der Waals surface area contributed by atoms with Crippen LogP contribution in [0, 0.1) is 23.2 Å². The summed E-state index contributed by atoms with van der Waals surface area (Å²) in [5.41, 5.74) is -0.696. The predicted octanol–water partition coefficient (Wildman–Crippen LogP) is 1.60. The molecule has 0 radical (unpaired) electrons. The molecule has 3 aliphatic rings. The van der Waals surface area contributed by atoms with Crippen LogP contribution in [0.3, 0.4) is 0 Å². The lowest BCUT2D eigenvalue weighted by Crippen LogP contribution is -2.44. The minimum Gasteiger partial charge on any atom is -0.481 e. The van der Waals surface area contributed by atoms with Gasteiger partial charge >= 0.3 is 5.97 Å². The summed E-state index contributed by atoms with van der Waals surface area (Å²) in [6, 6.07) is 7.70. The molecular weight excluding hydrogens is 320 g/mol. The Morgan fingerprint density at radius 2 is 2.09 bits per heavy atom. The topological polar surface area (TPSA) is 90.6 Å². The maximum atomic E-state index is 12.9. The first-order valence-electron chi connectivity index (χ1n) is 7.08. The van der Waals surface area contributed by atoms with Gasteiger partial charge in [-0.25, -0.2) is 0 Å². The van der Waals surface area contributed by atoms with E-state index >= 15 is 0 Å². The zero-order valence-corrected chi connectivity index (χ0v) is 12.5. The second kappa shape index (κ2) is 4.57. The number of ether oxygens (including phenoxy) is 1. The fourth-order valence-corrected chi connectivity index (χ4v) is 4.00. The van der Waals surface area contributed by atoms with E-state index in [9.17, 15) is 20.0 Å². The zero-order valence-electron chi connectivity index (χ0n) is 11.7. The van der Waals surface area contributed by atoms with Crippen LogP contribution >= 0.6 is 11.6 Å². The van der Waals surface area contributed by atoms with Gasteiger partial charge in [-0.3, -0.25) is 14.5 Å². The lowest BCUT2D eigenvalue weighted by Gasteiger charge is -2.27. The largest absolute Gasteiger partial charge is 0.481 e. The summed E-state index contributed by atoms with van der Waals surface area (Å²) in [6.07, 6.45) is 2.64. The zero-order chi connectivity index (χ0) is 16.4. The number of carboxylic acids is 1. The van der Waals surface area contributed by atoms with Crippen LogP contribution in [0.4, 0.5) is 5.69 Å². The molecule has 4 rings (SSSR count). The highest BCUT2D eigenvalue weighted by Gasteiger charge is 2.72. The van der Waals surface area contributed by atoms with E-state index in [2.05, 4.69) is 6.07 Å². The van der Waals surface area contributed by atoms with Gasteiger partial charge in [0.2, 0.25) is 5.91 Å². The molecule has 1 N–H and O–H groups in total. The van der Waals surface area contributed by atoms with Gasteiger partial charge in [-0.05, 0) is 24.3 Å². The molecule has 23 heavy (non-hydrogen) atoms. The van der Waals surface area contributed by atoms with E-state index in [4.69, 9.17) is 16.3 Å². The van der Waals surface area contributed by atoms with E-state index in [1.165, 1.54) is 4.90 Å². The second-order valence-electron chi connectivity index (χ2n) is 5.85. The third kappa shape index (κ3) is 1.66. The molecule has 1 amide bonds. The number of aliphatic carboxylic acids is 1. The van der Waals surface area contributed by atoms with Gasteiger partial charge in [0.25, 0.3) is 0 Å². The van der Waals surface area contributed by atoms with E-state index in [0.29, 0.717) is 10.7 Å². The van der Waals surface area contributed by atoms with Crippen LogP contribution in [0.1, 0.15) is 0 Å². The second-order valence-corrected chi connectivity index (χ2v) is 6.29. The Kier molecular flexibility index (Phi) is 2.83. The number of benzene rings is 1. The van der Waals surface area contributed by atoms with Crippen molar-refractivity contribution in [3.8, 4) is 6.07 Å².